The van der Waals surface area contributed by atoms with E-state index in [2.05, 4.69) is 37.8 Å². The zero-order chi connectivity index (χ0) is 30.2. The fourth-order valence-corrected chi connectivity index (χ4v) is 5.43. The van der Waals surface area contributed by atoms with E-state index >= 15 is 4.39 Å². The van der Waals surface area contributed by atoms with E-state index in [1.807, 2.05) is 18.2 Å². The summed E-state index contributed by atoms with van der Waals surface area (Å²) in [4.78, 5) is 48.1. The fraction of sp³-hybridized carbons (Fsp3) is 0.419. The first kappa shape index (κ1) is 30.2. The van der Waals surface area contributed by atoms with Gasteiger partial charge in [-0.25, -0.2) is 14.6 Å². The summed E-state index contributed by atoms with van der Waals surface area (Å²) in [7, 11) is 2.14. The smallest absolute Gasteiger partial charge is 0.325 e. The largest absolute Gasteiger partial charge is 0.454 e. The maximum absolute atomic E-state index is 15.5. The molecule has 3 aliphatic rings. The highest BCUT2D eigenvalue weighted by atomic mass is 19.2. The minimum atomic E-state index is -2.17. The summed E-state index contributed by atoms with van der Waals surface area (Å²) in [5, 5.41) is 7.60. The van der Waals surface area contributed by atoms with Crippen LogP contribution in [0.1, 0.15) is 24.8 Å². The number of alkyl halides is 1. The molecule has 1 atom stereocenters. The molecule has 228 valence electrons. The highest BCUT2D eigenvalue weighted by Crippen LogP contribution is 2.29. The number of hydrogen-bond acceptors (Lipinski definition) is 7. The Bertz CT molecular complexity index is 1350. The van der Waals surface area contributed by atoms with Gasteiger partial charge >= 0.3 is 12.1 Å². The van der Waals surface area contributed by atoms with E-state index in [1.54, 1.807) is 17.0 Å². The van der Waals surface area contributed by atoms with Crippen molar-refractivity contribution in [2.24, 2.45) is 0 Å². The van der Waals surface area contributed by atoms with Crippen molar-refractivity contribution in [3.05, 3.63) is 78.1 Å². The molecule has 5 rings (SSSR count). The third-order valence-electron chi connectivity index (χ3n) is 7.89. The van der Waals surface area contributed by atoms with Crippen LogP contribution in [0.3, 0.4) is 0 Å². The van der Waals surface area contributed by atoms with Gasteiger partial charge in [0.2, 0.25) is 5.91 Å². The Labute approximate surface area is 250 Å². The van der Waals surface area contributed by atoms with Crippen LogP contribution in [-0.2, 0) is 11.2 Å². The molecule has 1 aromatic carbocycles. The molecule has 11 nitrogen and oxygen atoms in total. The van der Waals surface area contributed by atoms with E-state index in [9.17, 15) is 14.4 Å². The minimum Gasteiger partial charge on any atom is -0.454 e. The average Bonchev–Trinajstić information content (AvgIpc) is 2.99. The number of imide groups is 1. The summed E-state index contributed by atoms with van der Waals surface area (Å²) >= 11 is 0. The maximum Gasteiger partial charge on any atom is 0.325 e. The first-order valence-corrected chi connectivity index (χ1v) is 14.6. The average molecular weight is 592 g/mol. The molecule has 3 N–H and O–H groups in total. The molecule has 1 unspecified atom stereocenters. The van der Waals surface area contributed by atoms with Crippen LogP contribution >= 0.6 is 0 Å². The molecular formula is C31H38FN7O4. The monoisotopic (exact) mass is 591 g/mol. The van der Waals surface area contributed by atoms with Crippen molar-refractivity contribution in [3.63, 3.8) is 0 Å². The number of likely N-dealkylation sites (tertiary alicyclic amines) is 1. The van der Waals surface area contributed by atoms with Gasteiger partial charge < -0.3 is 19.9 Å². The molecule has 3 heterocycles. The van der Waals surface area contributed by atoms with Crippen LogP contribution in [0.25, 0.3) is 0 Å². The molecule has 5 amide bonds. The molecule has 2 aromatic rings. The van der Waals surface area contributed by atoms with Crippen molar-refractivity contribution in [2.45, 2.75) is 37.6 Å². The number of halogens is 1. The number of carbonyl (C=O) groups is 3. The molecule has 0 bridgehead atoms. The second-order valence-electron chi connectivity index (χ2n) is 11.1. The van der Waals surface area contributed by atoms with Gasteiger partial charge in [-0.2, -0.15) is 4.39 Å². The minimum absolute atomic E-state index is 0.0639. The zero-order valence-electron chi connectivity index (χ0n) is 24.3. The molecule has 43 heavy (non-hydrogen) atoms. The van der Waals surface area contributed by atoms with Gasteiger partial charge in [0.1, 0.15) is 11.6 Å². The van der Waals surface area contributed by atoms with Gasteiger partial charge in [0.25, 0.3) is 5.85 Å². The first-order chi connectivity index (χ1) is 20.7. The molecule has 2 aliphatic heterocycles. The van der Waals surface area contributed by atoms with Gasteiger partial charge in [0, 0.05) is 69.7 Å². The van der Waals surface area contributed by atoms with Crippen molar-refractivity contribution < 1.29 is 23.5 Å². The predicted molar refractivity (Wildman–Crippen MR) is 160 cm³/mol. The van der Waals surface area contributed by atoms with Crippen LogP contribution in [0, 0.1) is 0 Å². The molecule has 1 aromatic heterocycles. The van der Waals surface area contributed by atoms with E-state index in [4.69, 9.17) is 4.74 Å². The summed E-state index contributed by atoms with van der Waals surface area (Å²) in [5.41, 5.74) is 1.12. The Balaban J connectivity index is 1.06. The number of rotatable bonds is 7. The van der Waals surface area contributed by atoms with Crippen LogP contribution in [0.15, 0.2) is 72.6 Å². The van der Waals surface area contributed by atoms with Crippen molar-refractivity contribution in [2.75, 3.05) is 51.6 Å². The third-order valence-corrected chi connectivity index (χ3v) is 7.89. The van der Waals surface area contributed by atoms with Crippen LogP contribution in [0.4, 0.5) is 19.8 Å². The van der Waals surface area contributed by atoms with Crippen molar-refractivity contribution in [1.82, 2.24) is 30.3 Å². The Morgan fingerprint density at radius 2 is 1.77 bits per heavy atom. The van der Waals surface area contributed by atoms with Gasteiger partial charge in [0.05, 0.1) is 6.42 Å². The van der Waals surface area contributed by atoms with E-state index in [1.165, 1.54) is 36.6 Å². The van der Waals surface area contributed by atoms with Crippen molar-refractivity contribution in [1.29, 1.82) is 0 Å². The lowest BCUT2D eigenvalue weighted by atomic mass is 10.0. The fourth-order valence-electron chi connectivity index (χ4n) is 5.43. The Morgan fingerprint density at radius 3 is 2.47 bits per heavy atom. The Hall–Kier alpha value is -4.29. The standard InChI is InChI=1S/C31H38FN7O4/c1-37-17-19-38(20-18-37)25-10-15-39(16-11-25)30(42)35-27-22-26(9-14-33-27)43-31(32)12-7-24(8-13-31)34-29(41)36-28(40)21-23-5-3-2-4-6-23/h2-9,12,14,22,25H,10-11,13,15-21H2,1H3,(H,33,35,42)(H2,34,36,40,41). The zero-order valence-corrected chi connectivity index (χ0v) is 24.3. The highest BCUT2D eigenvalue weighted by Gasteiger charge is 2.31. The quantitative estimate of drug-likeness (QED) is 0.452. The SMILES string of the molecule is CN1CCN(C2CCN(C(=O)Nc3cc(OC4(F)C=CC(NC(=O)NC(=O)Cc5ccccc5)=CC4)ccn3)CC2)CC1. The maximum atomic E-state index is 15.5. The predicted octanol–water partition coefficient (Wildman–Crippen LogP) is 3.28. The number of anilines is 1. The number of carbonyl (C=O) groups excluding carboxylic acids is 3. The van der Waals surface area contributed by atoms with Gasteiger partial charge in [-0.05, 0) is 43.7 Å². The lowest BCUT2D eigenvalue weighted by Gasteiger charge is -2.42. The summed E-state index contributed by atoms with van der Waals surface area (Å²) in [6.45, 7) is 5.61. The van der Waals surface area contributed by atoms with Crippen LogP contribution < -0.4 is 20.7 Å². The molecule has 0 radical (unpaired) electrons. The number of nitrogens with one attached hydrogen (secondary N) is 3. The molecule has 2 saturated heterocycles. The number of ether oxygens (including phenoxy) is 1. The van der Waals surface area contributed by atoms with E-state index in [0.717, 1.165) is 44.6 Å². The van der Waals surface area contributed by atoms with Crippen molar-refractivity contribution >= 4 is 23.8 Å². The number of amides is 5. The molecule has 0 saturated carbocycles. The normalized spacial score (nSPS) is 21.5. The van der Waals surface area contributed by atoms with E-state index in [0.29, 0.717) is 24.8 Å². The number of piperidine rings is 1. The summed E-state index contributed by atoms with van der Waals surface area (Å²) in [6, 6.07) is 11.6. The van der Waals surface area contributed by atoms with Gasteiger partial charge in [0.15, 0.2) is 0 Å². The number of aromatic nitrogens is 1. The number of benzene rings is 1. The Morgan fingerprint density at radius 1 is 1.02 bits per heavy atom. The van der Waals surface area contributed by atoms with E-state index < -0.39 is 17.8 Å². The number of urea groups is 2. The van der Waals surface area contributed by atoms with Crippen LogP contribution in [0.5, 0.6) is 5.75 Å². The highest BCUT2D eigenvalue weighted by molar-refractivity contribution is 5.96. The molecule has 0 spiro atoms. The summed E-state index contributed by atoms with van der Waals surface area (Å²) < 4.78 is 21.0. The van der Waals surface area contributed by atoms with Gasteiger partial charge in [-0.15, -0.1) is 0 Å². The van der Waals surface area contributed by atoms with Gasteiger partial charge in [-0.3, -0.25) is 20.3 Å². The van der Waals surface area contributed by atoms with Crippen LogP contribution in [0.2, 0.25) is 0 Å². The third kappa shape index (κ3) is 8.62. The second-order valence-corrected chi connectivity index (χ2v) is 11.1. The van der Waals surface area contributed by atoms with Crippen LogP contribution in [-0.4, -0.2) is 95.9 Å². The summed E-state index contributed by atoms with van der Waals surface area (Å²) in [6.07, 6.45) is 7.23. The number of piperazine rings is 1. The summed E-state index contributed by atoms with van der Waals surface area (Å²) in [5.74, 6) is -2.16. The number of allylic oxidation sites excluding steroid dienone is 1. The lowest BCUT2D eigenvalue weighted by Crippen LogP contribution is -2.53. The van der Waals surface area contributed by atoms with E-state index in [-0.39, 0.29) is 30.4 Å². The van der Waals surface area contributed by atoms with Gasteiger partial charge in [-0.1, -0.05) is 36.4 Å². The number of nitrogens with zero attached hydrogens (tertiary/aromatic N) is 4. The second kappa shape index (κ2) is 13.8. The Kier molecular flexibility index (Phi) is 9.68. The molecule has 12 heteroatoms. The number of likely N-dealkylation sites (N-methyl/N-ethyl adjacent to an activating group) is 1. The number of hydrogen-bond donors (Lipinski definition) is 3. The molecular weight excluding hydrogens is 553 g/mol. The lowest BCUT2D eigenvalue weighted by molar-refractivity contribution is -0.119. The molecule has 1 aliphatic carbocycles. The van der Waals surface area contributed by atoms with Crippen molar-refractivity contribution in [3.8, 4) is 5.75 Å². The number of pyridine rings is 1. The first-order valence-electron chi connectivity index (χ1n) is 14.6. The molecule has 2 fully saturated rings. The topological polar surface area (TPSA) is 119 Å².